The predicted octanol–water partition coefficient (Wildman–Crippen LogP) is 1.90. The van der Waals surface area contributed by atoms with Gasteiger partial charge in [-0.1, -0.05) is 30.3 Å². The second-order valence-electron chi connectivity index (χ2n) is 4.20. The molecule has 1 N–H and O–H groups in total. The summed E-state index contributed by atoms with van der Waals surface area (Å²) in [5.74, 6) is 0.139. The summed E-state index contributed by atoms with van der Waals surface area (Å²) in [6.07, 6.45) is 0.841. The first-order chi connectivity index (χ1) is 7.77. The van der Waals surface area contributed by atoms with E-state index in [-0.39, 0.29) is 17.9 Å². The van der Waals surface area contributed by atoms with E-state index in [1.807, 2.05) is 37.3 Å². The van der Waals surface area contributed by atoms with Crippen molar-refractivity contribution in [2.45, 2.75) is 19.4 Å². The van der Waals surface area contributed by atoms with Gasteiger partial charge in [-0.15, -0.1) is 0 Å². The van der Waals surface area contributed by atoms with Gasteiger partial charge in [0.25, 0.3) is 0 Å². The Labute approximate surface area is 95.8 Å². The molecular formula is C13H17NO2. The lowest BCUT2D eigenvalue weighted by Crippen LogP contribution is -2.33. The Morgan fingerprint density at radius 2 is 2.19 bits per heavy atom. The molecule has 2 unspecified atom stereocenters. The number of carbonyl (C=O) groups excluding carboxylic acids is 1. The van der Waals surface area contributed by atoms with Crippen molar-refractivity contribution in [2.24, 2.45) is 5.92 Å². The maximum Gasteiger partial charge on any atom is 0.225 e. The summed E-state index contributed by atoms with van der Waals surface area (Å²) in [5.41, 5.74) is 1.13. The molecule has 0 radical (unpaired) electrons. The summed E-state index contributed by atoms with van der Waals surface area (Å²) in [6.45, 7) is 3.27. The summed E-state index contributed by atoms with van der Waals surface area (Å²) >= 11 is 0. The van der Waals surface area contributed by atoms with Gasteiger partial charge in [-0.05, 0) is 18.9 Å². The molecule has 1 aliphatic heterocycles. The molecule has 1 amide bonds. The monoisotopic (exact) mass is 219 g/mol. The molecule has 0 saturated carbocycles. The van der Waals surface area contributed by atoms with Gasteiger partial charge in [-0.25, -0.2) is 0 Å². The summed E-state index contributed by atoms with van der Waals surface area (Å²) in [5, 5.41) is 3.02. The predicted molar refractivity (Wildman–Crippen MR) is 61.9 cm³/mol. The van der Waals surface area contributed by atoms with Gasteiger partial charge in [0.05, 0.1) is 18.6 Å². The van der Waals surface area contributed by atoms with Crippen LogP contribution in [0.4, 0.5) is 0 Å². The van der Waals surface area contributed by atoms with Crippen LogP contribution in [0.25, 0.3) is 0 Å². The second kappa shape index (κ2) is 5.12. The molecule has 3 nitrogen and oxygen atoms in total. The smallest absolute Gasteiger partial charge is 0.225 e. The topological polar surface area (TPSA) is 38.3 Å². The summed E-state index contributed by atoms with van der Waals surface area (Å²) in [6, 6.07) is 10.1. The number of benzene rings is 1. The fraction of sp³-hybridized carbons (Fsp3) is 0.462. The first-order valence-corrected chi connectivity index (χ1v) is 5.70. The quantitative estimate of drug-likeness (QED) is 0.843. The van der Waals surface area contributed by atoms with Crippen LogP contribution in [0, 0.1) is 5.92 Å². The van der Waals surface area contributed by atoms with Crippen molar-refractivity contribution < 1.29 is 9.53 Å². The lowest BCUT2D eigenvalue weighted by molar-refractivity contribution is -0.125. The van der Waals surface area contributed by atoms with Gasteiger partial charge >= 0.3 is 0 Å². The minimum atomic E-state index is 0.0335. The van der Waals surface area contributed by atoms with E-state index in [9.17, 15) is 4.79 Å². The molecule has 1 aromatic carbocycles. The normalized spacial score (nSPS) is 21.7. The SMILES string of the molecule is CC(NC(=O)C1CCOC1)c1ccccc1. The number of hydrogen-bond acceptors (Lipinski definition) is 2. The van der Waals surface area contributed by atoms with Crippen LogP contribution < -0.4 is 5.32 Å². The highest BCUT2D eigenvalue weighted by Crippen LogP contribution is 2.16. The van der Waals surface area contributed by atoms with Crippen molar-refractivity contribution in [3.8, 4) is 0 Å². The minimum Gasteiger partial charge on any atom is -0.381 e. The molecule has 1 aliphatic rings. The van der Waals surface area contributed by atoms with E-state index < -0.39 is 0 Å². The van der Waals surface area contributed by atoms with Crippen LogP contribution in [0.5, 0.6) is 0 Å². The molecule has 16 heavy (non-hydrogen) atoms. The van der Waals surface area contributed by atoms with Gasteiger partial charge in [0.2, 0.25) is 5.91 Å². The molecule has 0 spiro atoms. The number of rotatable bonds is 3. The number of ether oxygens (including phenoxy) is 1. The zero-order chi connectivity index (χ0) is 11.4. The van der Waals surface area contributed by atoms with Crippen molar-refractivity contribution >= 4 is 5.91 Å². The van der Waals surface area contributed by atoms with E-state index in [1.54, 1.807) is 0 Å². The molecule has 1 aromatic rings. The van der Waals surface area contributed by atoms with E-state index in [4.69, 9.17) is 4.74 Å². The van der Waals surface area contributed by atoms with Crippen molar-refractivity contribution in [1.82, 2.24) is 5.32 Å². The standard InChI is InChI=1S/C13H17NO2/c1-10(11-5-3-2-4-6-11)14-13(15)12-7-8-16-9-12/h2-6,10,12H,7-9H2,1H3,(H,14,15). The highest BCUT2D eigenvalue weighted by molar-refractivity contribution is 5.79. The third-order valence-corrected chi connectivity index (χ3v) is 2.96. The van der Waals surface area contributed by atoms with Gasteiger partial charge in [0.1, 0.15) is 0 Å². The lowest BCUT2D eigenvalue weighted by Gasteiger charge is -2.16. The first kappa shape index (κ1) is 11.1. The zero-order valence-electron chi connectivity index (χ0n) is 9.48. The van der Waals surface area contributed by atoms with E-state index in [0.29, 0.717) is 13.2 Å². The number of nitrogens with one attached hydrogen (secondary N) is 1. The Morgan fingerprint density at radius 3 is 2.81 bits per heavy atom. The second-order valence-corrected chi connectivity index (χ2v) is 4.20. The first-order valence-electron chi connectivity index (χ1n) is 5.70. The maximum absolute atomic E-state index is 11.8. The molecule has 0 bridgehead atoms. The maximum atomic E-state index is 11.8. The van der Waals surface area contributed by atoms with Gasteiger partial charge in [-0.3, -0.25) is 4.79 Å². The van der Waals surface area contributed by atoms with Crippen LogP contribution in [0.15, 0.2) is 30.3 Å². The number of carbonyl (C=O) groups is 1. The van der Waals surface area contributed by atoms with E-state index in [0.717, 1.165) is 12.0 Å². The van der Waals surface area contributed by atoms with Crippen molar-refractivity contribution in [3.05, 3.63) is 35.9 Å². The van der Waals surface area contributed by atoms with Crippen molar-refractivity contribution in [3.63, 3.8) is 0 Å². The Balaban J connectivity index is 1.92. The van der Waals surface area contributed by atoms with Crippen molar-refractivity contribution in [1.29, 1.82) is 0 Å². The highest BCUT2D eigenvalue weighted by Gasteiger charge is 2.24. The fourth-order valence-electron chi connectivity index (χ4n) is 1.90. The van der Waals surface area contributed by atoms with Gasteiger partial charge in [0, 0.05) is 6.61 Å². The van der Waals surface area contributed by atoms with Gasteiger partial charge < -0.3 is 10.1 Å². The Bertz CT molecular complexity index is 344. The molecule has 3 heteroatoms. The largest absolute Gasteiger partial charge is 0.381 e. The molecule has 2 atom stereocenters. The van der Waals surface area contributed by atoms with E-state index in [1.165, 1.54) is 0 Å². The molecule has 0 aromatic heterocycles. The summed E-state index contributed by atoms with van der Waals surface area (Å²) in [4.78, 5) is 11.8. The van der Waals surface area contributed by atoms with Crippen LogP contribution in [-0.2, 0) is 9.53 Å². The minimum absolute atomic E-state index is 0.0335. The third-order valence-electron chi connectivity index (χ3n) is 2.96. The van der Waals surface area contributed by atoms with Crippen LogP contribution in [0.2, 0.25) is 0 Å². The van der Waals surface area contributed by atoms with Crippen LogP contribution >= 0.6 is 0 Å². The fourth-order valence-corrected chi connectivity index (χ4v) is 1.90. The Kier molecular flexibility index (Phi) is 3.57. The van der Waals surface area contributed by atoms with Crippen LogP contribution in [-0.4, -0.2) is 19.1 Å². The molecule has 1 fully saturated rings. The number of hydrogen-bond donors (Lipinski definition) is 1. The average molecular weight is 219 g/mol. The zero-order valence-corrected chi connectivity index (χ0v) is 9.48. The van der Waals surface area contributed by atoms with Crippen LogP contribution in [0.1, 0.15) is 24.9 Å². The van der Waals surface area contributed by atoms with Crippen LogP contribution in [0.3, 0.4) is 0 Å². The van der Waals surface area contributed by atoms with E-state index in [2.05, 4.69) is 5.32 Å². The molecule has 1 saturated heterocycles. The highest BCUT2D eigenvalue weighted by atomic mass is 16.5. The molecular weight excluding hydrogens is 202 g/mol. The summed E-state index contributed by atoms with van der Waals surface area (Å²) in [7, 11) is 0. The van der Waals surface area contributed by atoms with Gasteiger partial charge in [0.15, 0.2) is 0 Å². The van der Waals surface area contributed by atoms with E-state index >= 15 is 0 Å². The molecule has 86 valence electrons. The molecule has 0 aliphatic carbocycles. The lowest BCUT2D eigenvalue weighted by atomic mass is 10.1. The van der Waals surface area contributed by atoms with Crippen molar-refractivity contribution in [2.75, 3.05) is 13.2 Å². The molecule has 1 heterocycles. The average Bonchev–Trinajstić information content (AvgIpc) is 2.83. The Morgan fingerprint density at radius 1 is 1.44 bits per heavy atom. The molecule has 2 rings (SSSR count). The third kappa shape index (κ3) is 2.61. The van der Waals surface area contributed by atoms with Gasteiger partial charge in [-0.2, -0.15) is 0 Å². The number of amides is 1. The Hall–Kier alpha value is -1.35. The summed E-state index contributed by atoms with van der Waals surface area (Å²) < 4.78 is 5.20.